The Hall–Kier alpha value is -2.03. The highest BCUT2D eigenvalue weighted by Gasteiger charge is 2.36. The molecule has 0 fully saturated rings. The van der Waals surface area contributed by atoms with Crippen LogP contribution in [0.25, 0.3) is 0 Å². The molecule has 1 aliphatic rings. The van der Waals surface area contributed by atoms with Crippen LogP contribution < -0.4 is 14.8 Å². The van der Waals surface area contributed by atoms with Gasteiger partial charge >= 0.3 is 0 Å². The van der Waals surface area contributed by atoms with Gasteiger partial charge < -0.3 is 10.1 Å². The Kier molecular flexibility index (Phi) is 5.98. The Morgan fingerprint density at radius 2 is 1.93 bits per heavy atom. The van der Waals surface area contributed by atoms with Crippen LogP contribution in [0.2, 0.25) is 0 Å². The molecule has 1 amide bonds. The predicted molar refractivity (Wildman–Crippen MR) is 116 cm³/mol. The zero-order chi connectivity index (χ0) is 21.4. The van der Waals surface area contributed by atoms with Gasteiger partial charge in [-0.25, -0.2) is 13.1 Å². The van der Waals surface area contributed by atoms with E-state index in [2.05, 4.69) is 10.0 Å². The lowest BCUT2D eigenvalue weighted by atomic mass is 9.90. The SMILES string of the molecule is CSc1ccc(S(=O)(=O)NC2CC(C)(C)Oc3cc(C)ccc32)cc1NC(C)=O. The summed E-state index contributed by atoms with van der Waals surface area (Å²) in [4.78, 5) is 12.4. The molecule has 2 aromatic carbocycles. The molecular formula is C21H26N2O4S2. The summed E-state index contributed by atoms with van der Waals surface area (Å²) < 4.78 is 35.2. The molecule has 0 saturated heterocycles. The number of amides is 1. The van der Waals surface area contributed by atoms with Crippen molar-refractivity contribution >= 4 is 33.4 Å². The second-order valence-electron chi connectivity index (χ2n) is 7.82. The minimum Gasteiger partial charge on any atom is -0.487 e. The average Bonchev–Trinajstić information content (AvgIpc) is 2.59. The van der Waals surface area contributed by atoms with Crippen molar-refractivity contribution in [1.82, 2.24) is 4.72 Å². The zero-order valence-electron chi connectivity index (χ0n) is 17.2. The first-order valence-electron chi connectivity index (χ1n) is 9.28. The van der Waals surface area contributed by atoms with Gasteiger partial charge in [0.15, 0.2) is 0 Å². The molecule has 8 heteroatoms. The fourth-order valence-corrected chi connectivity index (χ4v) is 5.24. The van der Waals surface area contributed by atoms with Crippen LogP contribution in [0.5, 0.6) is 5.75 Å². The highest BCUT2D eigenvalue weighted by atomic mass is 32.2. The van der Waals surface area contributed by atoms with Gasteiger partial charge in [0.25, 0.3) is 0 Å². The van der Waals surface area contributed by atoms with Gasteiger partial charge in [0.05, 0.1) is 16.6 Å². The van der Waals surface area contributed by atoms with E-state index in [1.807, 2.05) is 45.2 Å². The highest BCUT2D eigenvalue weighted by molar-refractivity contribution is 7.98. The summed E-state index contributed by atoms with van der Waals surface area (Å²) >= 11 is 1.44. The molecule has 0 aliphatic carbocycles. The molecule has 2 N–H and O–H groups in total. The smallest absolute Gasteiger partial charge is 0.241 e. The van der Waals surface area contributed by atoms with Crippen LogP contribution in [-0.2, 0) is 14.8 Å². The number of benzene rings is 2. The maximum Gasteiger partial charge on any atom is 0.241 e. The Labute approximate surface area is 176 Å². The summed E-state index contributed by atoms with van der Waals surface area (Å²) in [7, 11) is -3.81. The third-order valence-corrected chi connectivity index (χ3v) is 6.98. The van der Waals surface area contributed by atoms with Gasteiger partial charge in [0.2, 0.25) is 15.9 Å². The van der Waals surface area contributed by atoms with Gasteiger partial charge in [-0.3, -0.25) is 4.79 Å². The number of anilines is 1. The molecule has 1 heterocycles. The third kappa shape index (κ3) is 4.94. The summed E-state index contributed by atoms with van der Waals surface area (Å²) in [5, 5.41) is 2.70. The number of rotatable bonds is 5. The van der Waals surface area contributed by atoms with Gasteiger partial charge in [0, 0.05) is 23.8 Å². The van der Waals surface area contributed by atoms with E-state index in [1.165, 1.54) is 24.8 Å². The molecule has 2 aromatic rings. The molecule has 0 aromatic heterocycles. The molecule has 6 nitrogen and oxygen atoms in total. The van der Waals surface area contributed by atoms with E-state index in [1.54, 1.807) is 12.1 Å². The number of carbonyl (C=O) groups is 1. The highest BCUT2D eigenvalue weighted by Crippen LogP contribution is 2.40. The summed E-state index contributed by atoms with van der Waals surface area (Å²) in [5.74, 6) is 0.448. The van der Waals surface area contributed by atoms with Crippen LogP contribution in [0.3, 0.4) is 0 Å². The topological polar surface area (TPSA) is 84.5 Å². The lowest BCUT2D eigenvalue weighted by Gasteiger charge is -2.38. The molecule has 1 unspecified atom stereocenters. The number of hydrogen-bond acceptors (Lipinski definition) is 5. The lowest BCUT2D eigenvalue weighted by Crippen LogP contribution is -2.41. The van der Waals surface area contributed by atoms with E-state index in [0.29, 0.717) is 17.9 Å². The fraction of sp³-hybridized carbons (Fsp3) is 0.381. The maximum absolute atomic E-state index is 13.2. The molecule has 3 rings (SSSR count). The summed E-state index contributed by atoms with van der Waals surface area (Å²) in [6, 6.07) is 10.1. The molecule has 29 heavy (non-hydrogen) atoms. The number of thioether (sulfide) groups is 1. The maximum atomic E-state index is 13.2. The van der Waals surface area contributed by atoms with Gasteiger partial charge in [-0.2, -0.15) is 0 Å². The quantitative estimate of drug-likeness (QED) is 0.687. The summed E-state index contributed by atoms with van der Waals surface area (Å²) in [5.41, 5.74) is 1.85. The molecule has 0 saturated carbocycles. The van der Waals surface area contributed by atoms with Crippen LogP contribution in [-0.4, -0.2) is 26.2 Å². The van der Waals surface area contributed by atoms with E-state index in [0.717, 1.165) is 16.0 Å². The van der Waals surface area contributed by atoms with E-state index < -0.39 is 21.7 Å². The first kappa shape index (κ1) is 21.7. The number of nitrogens with one attached hydrogen (secondary N) is 2. The molecule has 0 bridgehead atoms. The molecule has 1 aliphatic heterocycles. The van der Waals surface area contributed by atoms with Crippen LogP contribution in [0.15, 0.2) is 46.2 Å². The van der Waals surface area contributed by atoms with Crippen molar-refractivity contribution in [3.8, 4) is 5.75 Å². The number of carbonyl (C=O) groups excluding carboxylic acids is 1. The van der Waals surface area contributed by atoms with Crippen LogP contribution in [0.1, 0.15) is 44.4 Å². The number of sulfonamides is 1. The van der Waals surface area contributed by atoms with Gasteiger partial charge in [-0.1, -0.05) is 12.1 Å². The largest absolute Gasteiger partial charge is 0.487 e. The monoisotopic (exact) mass is 434 g/mol. The van der Waals surface area contributed by atoms with Gasteiger partial charge in [-0.05, 0) is 56.9 Å². The van der Waals surface area contributed by atoms with E-state index in [4.69, 9.17) is 4.74 Å². The Morgan fingerprint density at radius 3 is 2.59 bits per heavy atom. The van der Waals surface area contributed by atoms with Crippen LogP contribution in [0.4, 0.5) is 5.69 Å². The fourth-order valence-electron chi connectivity index (χ4n) is 3.46. The Balaban J connectivity index is 1.96. The van der Waals surface area contributed by atoms with Crippen molar-refractivity contribution < 1.29 is 17.9 Å². The van der Waals surface area contributed by atoms with Crippen molar-refractivity contribution in [2.45, 2.75) is 55.5 Å². The first-order valence-corrected chi connectivity index (χ1v) is 12.0. The standard InChI is InChI=1S/C21H26N2O4S2/c1-13-6-8-16-18(12-21(3,4)27-19(16)10-13)23-29(25,26)15-7-9-20(28-5)17(11-15)22-14(2)24/h6-11,18,23H,12H2,1-5H3,(H,22,24). The second-order valence-corrected chi connectivity index (χ2v) is 10.4. The van der Waals surface area contributed by atoms with Crippen molar-refractivity contribution in [2.75, 3.05) is 11.6 Å². The van der Waals surface area contributed by atoms with Crippen LogP contribution >= 0.6 is 11.8 Å². The molecular weight excluding hydrogens is 408 g/mol. The Bertz CT molecular complexity index is 1050. The van der Waals surface area contributed by atoms with Gasteiger partial charge in [-0.15, -0.1) is 11.8 Å². The Morgan fingerprint density at radius 1 is 1.21 bits per heavy atom. The first-order chi connectivity index (χ1) is 13.5. The zero-order valence-corrected chi connectivity index (χ0v) is 18.8. The number of fused-ring (bicyclic) bond motifs is 1. The minimum absolute atomic E-state index is 0.108. The van der Waals surface area contributed by atoms with Gasteiger partial charge in [0.1, 0.15) is 11.4 Å². The van der Waals surface area contributed by atoms with Crippen molar-refractivity contribution in [3.05, 3.63) is 47.5 Å². The van der Waals surface area contributed by atoms with E-state index in [9.17, 15) is 13.2 Å². The normalized spacial score (nSPS) is 17.9. The molecule has 0 radical (unpaired) electrons. The second kappa shape index (κ2) is 8.01. The predicted octanol–water partition coefficient (Wildman–Crippen LogP) is 4.26. The van der Waals surface area contributed by atoms with E-state index >= 15 is 0 Å². The van der Waals surface area contributed by atoms with Crippen molar-refractivity contribution in [1.29, 1.82) is 0 Å². The van der Waals surface area contributed by atoms with Crippen molar-refractivity contribution in [2.24, 2.45) is 0 Å². The number of hydrogen-bond donors (Lipinski definition) is 2. The molecule has 156 valence electrons. The third-order valence-electron chi connectivity index (χ3n) is 4.72. The molecule has 0 spiro atoms. The van der Waals surface area contributed by atoms with E-state index in [-0.39, 0.29) is 10.8 Å². The van der Waals surface area contributed by atoms with Crippen LogP contribution in [0, 0.1) is 6.92 Å². The number of ether oxygens (including phenoxy) is 1. The minimum atomic E-state index is -3.81. The average molecular weight is 435 g/mol. The lowest BCUT2D eigenvalue weighted by molar-refractivity contribution is -0.114. The molecule has 1 atom stereocenters. The number of aryl methyl sites for hydroxylation is 1. The van der Waals surface area contributed by atoms with Crippen molar-refractivity contribution in [3.63, 3.8) is 0 Å². The summed E-state index contributed by atoms with van der Waals surface area (Å²) in [6.07, 6.45) is 2.37. The summed E-state index contributed by atoms with van der Waals surface area (Å²) in [6.45, 7) is 7.26.